The van der Waals surface area contributed by atoms with E-state index in [4.69, 9.17) is 0 Å². The first-order chi connectivity index (χ1) is 8.98. The minimum Gasteiger partial charge on any atom is -0.258 e. The van der Waals surface area contributed by atoms with Crippen LogP contribution < -0.4 is 0 Å². The van der Waals surface area contributed by atoms with E-state index in [1.807, 2.05) is 34.6 Å². The van der Waals surface area contributed by atoms with Crippen molar-refractivity contribution in [2.24, 2.45) is 0 Å². The number of hydrogen-bond acceptors (Lipinski definition) is 4. The Morgan fingerprint density at radius 1 is 1.10 bits per heavy atom. The maximum absolute atomic E-state index is 11.2. The van der Waals surface area contributed by atoms with E-state index in [2.05, 4.69) is 0 Å². The smallest absolute Gasteiger partial charge is 0.258 e. The summed E-state index contributed by atoms with van der Waals surface area (Å²) in [6, 6.07) is 1.36. The van der Waals surface area contributed by atoms with E-state index < -0.39 is 21.2 Å². The highest BCUT2D eigenvalue weighted by atomic mass is 16.6. The molecule has 1 rings (SSSR count). The third-order valence-electron chi connectivity index (χ3n) is 3.34. The third kappa shape index (κ3) is 2.79. The van der Waals surface area contributed by atoms with Crippen molar-refractivity contribution in [1.29, 1.82) is 0 Å². The first-order valence-electron chi connectivity index (χ1n) is 6.45. The minimum atomic E-state index is -0.676. The number of nitro benzene ring substituents is 2. The van der Waals surface area contributed by atoms with Crippen molar-refractivity contribution in [1.82, 2.24) is 0 Å². The average molecular weight is 280 g/mol. The molecule has 0 aliphatic heterocycles. The molecule has 0 heterocycles. The summed E-state index contributed by atoms with van der Waals surface area (Å²) >= 11 is 0. The summed E-state index contributed by atoms with van der Waals surface area (Å²) in [5.74, 6) is 0.0590. The van der Waals surface area contributed by atoms with Crippen molar-refractivity contribution in [2.75, 3.05) is 0 Å². The van der Waals surface area contributed by atoms with Gasteiger partial charge in [0.05, 0.1) is 9.85 Å². The van der Waals surface area contributed by atoms with Gasteiger partial charge >= 0.3 is 11.4 Å². The molecule has 0 atom stereocenters. The largest absolute Gasteiger partial charge is 0.349 e. The Balaban J connectivity index is 3.90. The zero-order valence-corrected chi connectivity index (χ0v) is 12.7. The molecular weight excluding hydrogens is 260 g/mol. The van der Waals surface area contributed by atoms with Gasteiger partial charge in [0.1, 0.15) is 0 Å². The lowest BCUT2D eigenvalue weighted by Gasteiger charge is -2.26. The molecule has 6 nitrogen and oxygen atoms in total. The number of nitro groups is 2. The van der Waals surface area contributed by atoms with Gasteiger partial charge in [-0.15, -0.1) is 0 Å². The molecule has 0 saturated heterocycles. The Bertz CT molecular complexity index is 572. The SMILES string of the molecule is Cc1c(C(C)C)c(C(C)(C)C)cc([N+](=O)[O-])c1[N+](=O)[O-]. The zero-order chi connectivity index (χ0) is 15.8. The minimum absolute atomic E-state index is 0.0590. The summed E-state index contributed by atoms with van der Waals surface area (Å²) in [5.41, 5.74) is 0.874. The Morgan fingerprint density at radius 3 is 1.90 bits per heavy atom. The molecule has 0 aliphatic carbocycles. The zero-order valence-electron chi connectivity index (χ0n) is 12.7. The molecule has 20 heavy (non-hydrogen) atoms. The monoisotopic (exact) mass is 280 g/mol. The molecule has 0 bridgehead atoms. The van der Waals surface area contributed by atoms with E-state index in [0.717, 1.165) is 11.1 Å². The molecular formula is C14H20N2O4. The first kappa shape index (κ1) is 16.1. The standard InChI is InChI=1S/C14H20N2O4/c1-8(2)12-9(3)13(16(19)20)11(15(17)18)7-10(12)14(4,5)6/h7-8H,1-6H3. The predicted octanol–water partition coefficient (Wildman–Crippen LogP) is 4.23. The van der Waals surface area contributed by atoms with E-state index in [9.17, 15) is 20.2 Å². The van der Waals surface area contributed by atoms with Crippen LogP contribution in [0.2, 0.25) is 0 Å². The van der Waals surface area contributed by atoms with Crippen LogP contribution >= 0.6 is 0 Å². The summed E-state index contributed by atoms with van der Waals surface area (Å²) < 4.78 is 0. The van der Waals surface area contributed by atoms with E-state index >= 15 is 0 Å². The van der Waals surface area contributed by atoms with Gasteiger partial charge in [-0.25, -0.2) is 0 Å². The lowest BCUT2D eigenvalue weighted by Crippen LogP contribution is -2.18. The van der Waals surface area contributed by atoms with Crippen LogP contribution in [0, 0.1) is 27.2 Å². The lowest BCUT2D eigenvalue weighted by atomic mass is 9.78. The van der Waals surface area contributed by atoms with Gasteiger partial charge in [-0.05, 0) is 29.4 Å². The Kier molecular flexibility index (Phi) is 4.17. The van der Waals surface area contributed by atoms with Crippen LogP contribution in [0.1, 0.15) is 57.2 Å². The second-order valence-corrected chi connectivity index (χ2v) is 6.25. The van der Waals surface area contributed by atoms with Crippen LogP contribution in [0.15, 0.2) is 6.07 Å². The fourth-order valence-corrected chi connectivity index (χ4v) is 2.54. The van der Waals surface area contributed by atoms with Crippen LogP contribution in [0.5, 0.6) is 0 Å². The van der Waals surface area contributed by atoms with Crippen molar-refractivity contribution in [3.8, 4) is 0 Å². The summed E-state index contributed by atoms with van der Waals surface area (Å²) in [6.45, 7) is 11.3. The molecule has 0 spiro atoms. The maximum Gasteiger partial charge on any atom is 0.349 e. The summed E-state index contributed by atoms with van der Waals surface area (Å²) in [4.78, 5) is 21.0. The number of nitrogens with zero attached hydrogens (tertiary/aromatic N) is 2. The van der Waals surface area contributed by atoms with Crippen LogP contribution in [0.25, 0.3) is 0 Å². The Hall–Kier alpha value is -1.98. The fraction of sp³-hybridized carbons (Fsp3) is 0.571. The van der Waals surface area contributed by atoms with Gasteiger partial charge in [-0.1, -0.05) is 34.6 Å². The lowest BCUT2D eigenvalue weighted by molar-refractivity contribution is -0.423. The molecule has 0 N–H and O–H groups in total. The molecule has 110 valence electrons. The van der Waals surface area contributed by atoms with Crippen molar-refractivity contribution in [3.05, 3.63) is 43.0 Å². The van der Waals surface area contributed by atoms with Crippen LogP contribution in [-0.2, 0) is 5.41 Å². The van der Waals surface area contributed by atoms with Gasteiger partial charge in [-0.2, -0.15) is 0 Å². The van der Waals surface area contributed by atoms with Gasteiger partial charge < -0.3 is 0 Å². The van der Waals surface area contributed by atoms with Gasteiger partial charge in [0.15, 0.2) is 0 Å². The summed E-state index contributed by atoms with van der Waals surface area (Å²) in [6.07, 6.45) is 0. The number of rotatable bonds is 3. The predicted molar refractivity (Wildman–Crippen MR) is 77.3 cm³/mol. The molecule has 0 saturated carbocycles. The highest BCUT2D eigenvalue weighted by molar-refractivity contribution is 5.64. The second-order valence-electron chi connectivity index (χ2n) is 6.25. The first-order valence-corrected chi connectivity index (χ1v) is 6.45. The molecule has 1 aromatic rings. The quantitative estimate of drug-likeness (QED) is 0.612. The van der Waals surface area contributed by atoms with Crippen LogP contribution in [-0.4, -0.2) is 9.85 Å². The van der Waals surface area contributed by atoms with Crippen molar-refractivity contribution in [2.45, 2.75) is 52.9 Å². The number of benzene rings is 1. The van der Waals surface area contributed by atoms with Gasteiger partial charge in [0.25, 0.3) is 0 Å². The Labute approximate surface area is 118 Å². The maximum atomic E-state index is 11.2. The molecule has 1 aromatic carbocycles. The van der Waals surface area contributed by atoms with E-state index in [0.29, 0.717) is 5.56 Å². The highest BCUT2D eigenvalue weighted by Crippen LogP contribution is 2.42. The summed E-state index contributed by atoms with van der Waals surface area (Å²) in [5, 5.41) is 22.3. The molecule has 0 aliphatic rings. The van der Waals surface area contributed by atoms with E-state index in [1.54, 1.807) is 6.92 Å². The molecule has 0 aromatic heterocycles. The average Bonchev–Trinajstić information content (AvgIpc) is 2.24. The van der Waals surface area contributed by atoms with Gasteiger partial charge in [-0.3, -0.25) is 20.2 Å². The van der Waals surface area contributed by atoms with Crippen molar-refractivity contribution >= 4 is 11.4 Å². The van der Waals surface area contributed by atoms with E-state index in [-0.39, 0.29) is 11.3 Å². The van der Waals surface area contributed by atoms with Gasteiger partial charge in [0.2, 0.25) is 0 Å². The van der Waals surface area contributed by atoms with Crippen LogP contribution in [0.4, 0.5) is 11.4 Å². The topological polar surface area (TPSA) is 86.3 Å². The third-order valence-corrected chi connectivity index (χ3v) is 3.34. The van der Waals surface area contributed by atoms with Crippen molar-refractivity contribution < 1.29 is 9.85 Å². The molecule has 6 heteroatoms. The second kappa shape index (κ2) is 5.19. The summed E-state index contributed by atoms with van der Waals surface area (Å²) in [7, 11) is 0. The van der Waals surface area contributed by atoms with Crippen LogP contribution in [0.3, 0.4) is 0 Å². The molecule has 0 unspecified atom stereocenters. The molecule has 0 amide bonds. The highest BCUT2D eigenvalue weighted by Gasteiger charge is 2.34. The molecule has 0 radical (unpaired) electrons. The van der Waals surface area contributed by atoms with Gasteiger partial charge in [0, 0.05) is 11.6 Å². The Morgan fingerprint density at radius 2 is 1.60 bits per heavy atom. The molecule has 0 fully saturated rings. The van der Waals surface area contributed by atoms with Crippen molar-refractivity contribution in [3.63, 3.8) is 0 Å². The normalized spacial score (nSPS) is 11.8. The van der Waals surface area contributed by atoms with E-state index in [1.165, 1.54) is 6.07 Å². The number of hydrogen-bond donors (Lipinski definition) is 0. The fourth-order valence-electron chi connectivity index (χ4n) is 2.54.